The fourth-order valence-electron chi connectivity index (χ4n) is 4.02. The number of hydrogen-bond donors (Lipinski definition) is 1. The molecule has 1 N–H and O–H groups in total. The van der Waals surface area contributed by atoms with Crippen LogP contribution in [0.1, 0.15) is 23.1 Å². The van der Waals surface area contributed by atoms with Crippen LogP contribution in [-0.4, -0.2) is 47.0 Å². The van der Waals surface area contributed by atoms with Crippen molar-refractivity contribution in [2.75, 3.05) is 13.1 Å². The van der Waals surface area contributed by atoms with Crippen LogP contribution in [0.4, 0.5) is 13.6 Å². The molecular weight excluding hydrogens is 376 g/mol. The molecule has 152 valence electrons. The van der Waals surface area contributed by atoms with Gasteiger partial charge in [0.15, 0.2) is 0 Å². The lowest BCUT2D eigenvalue weighted by Gasteiger charge is -2.33. The van der Waals surface area contributed by atoms with E-state index in [1.807, 2.05) is 18.2 Å². The maximum absolute atomic E-state index is 14.1. The number of benzene rings is 2. The molecule has 4 rings (SSSR count). The van der Waals surface area contributed by atoms with Crippen molar-refractivity contribution < 1.29 is 18.4 Å². The van der Waals surface area contributed by atoms with Gasteiger partial charge in [-0.15, -0.1) is 0 Å². The molecule has 5 nitrogen and oxygen atoms in total. The van der Waals surface area contributed by atoms with Gasteiger partial charge in [-0.25, -0.2) is 13.6 Å². The minimum atomic E-state index is -1.22. The van der Waals surface area contributed by atoms with Crippen LogP contribution >= 0.6 is 0 Å². The lowest BCUT2D eigenvalue weighted by atomic mass is 9.99. The second-order valence-corrected chi connectivity index (χ2v) is 7.56. The maximum atomic E-state index is 14.1. The highest BCUT2D eigenvalue weighted by Gasteiger charge is 2.42. The van der Waals surface area contributed by atoms with Gasteiger partial charge in [-0.2, -0.15) is 0 Å². The van der Waals surface area contributed by atoms with Crippen molar-refractivity contribution >= 4 is 11.9 Å². The summed E-state index contributed by atoms with van der Waals surface area (Å²) in [7, 11) is 0. The first-order chi connectivity index (χ1) is 14.0. The van der Waals surface area contributed by atoms with Crippen LogP contribution in [0.15, 0.2) is 48.5 Å². The molecule has 2 atom stereocenters. The van der Waals surface area contributed by atoms with Crippen LogP contribution in [0.25, 0.3) is 0 Å². The molecule has 29 heavy (non-hydrogen) atoms. The van der Waals surface area contributed by atoms with Gasteiger partial charge in [0.1, 0.15) is 18.0 Å². The lowest BCUT2D eigenvalue weighted by molar-refractivity contribution is -0.136. The molecule has 0 bridgehead atoms. The van der Waals surface area contributed by atoms with Gasteiger partial charge in [0, 0.05) is 26.1 Å². The summed E-state index contributed by atoms with van der Waals surface area (Å²) in [5, 5.41) is 2.71. The number of likely N-dealkylation sites (tertiary alicyclic amines) is 1. The maximum Gasteiger partial charge on any atom is 0.318 e. The van der Waals surface area contributed by atoms with E-state index in [1.54, 1.807) is 17.0 Å². The number of amides is 3. The third kappa shape index (κ3) is 4.23. The number of carbonyl (C=O) groups excluding carboxylic acids is 2. The molecule has 0 spiro atoms. The Bertz CT molecular complexity index is 903. The van der Waals surface area contributed by atoms with Crippen molar-refractivity contribution in [3.63, 3.8) is 0 Å². The number of urea groups is 1. The molecule has 1 fully saturated rings. The number of nitrogens with zero attached hydrogens (tertiary/aromatic N) is 2. The molecule has 2 aromatic carbocycles. The van der Waals surface area contributed by atoms with E-state index in [0.29, 0.717) is 13.1 Å². The zero-order valence-corrected chi connectivity index (χ0v) is 16.0. The van der Waals surface area contributed by atoms with Crippen LogP contribution in [0.5, 0.6) is 0 Å². The van der Waals surface area contributed by atoms with E-state index in [2.05, 4.69) is 11.4 Å². The Hall–Kier alpha value is -2.96. The van der Waals surface area contributed by atoms with Gasteiger partial charge in [0.2, 0.25) is 5.91 Å². The number of fused-ring (bicyclic) bond motifs is 1. The Balaban J connectivity index is 1.41. The van der Waals surface area contributed by atoms with Crippen molar-refractivity contribution in [2.24, 2.45) is 0 Å². The van der Waals surface area contributed by atoms with E-state index in [4.69, 9.17) is 0 Å². The van der Waals surface area contributed by atoms with Gasteiger partial charge < -0.3 is 15.1 Å². The first-order valence-corrected chi connectivity index (χ1v) is 9.80. The topological polar surface area (TPSA) is 52.7 Å². The molecule has 0 radical (unpaired) electrons. The summed E-state index contributed by atoms with van der Waals surface area (Å²) in [5.41, 5.74) is 3.04. The summed E-state index contributed by atoms with van der Waals surface area (Å²) in [6.45, 7) is 1.13. The quantitative estimate of drug-likeness (QED) is 0.863. The highest BCUT2D eigenvalue weighted by Crippen LogP contribution is 2.25. The molecule has 2 aliphatic heterocycles. The van der Waals surface area contributed by atoms with Crippen LogP contribution in [-0.2, 0) is 24.3 Å². The van der Waals surface area contributed by atoms with Gasteiger partial charge >= 0.3 is 6.03 Å². The summed E-state index contributed by atoms with van der Waals surface area (Å²) in [4.78, 5) is 28.7. The Kier molecular flexibility index (Phi) is 5.47. The van der Waals surface area contributed by atoms with E-state index in [-0.39, 0.29) is 31.2 Å². The minimum absolute atomic E-state index is 0.0148. The first-order valence-electron chi connectivity index (χ1n) is 9.80. The average Bonchev–Trinajstić information content (AvgIpc) is 3.14. The Morgan fingerprint density at radius 2 is 1.79 bits per heavy atom. The van der Waals surface area contributed by atoms with Crippen molar-refractivity contribution in [2.45, 2.75) is 38.1 Å². The van der Waals surface area contributed by atoms with Gasteiger partial charge in [-0.05, 0) is 35.2 Å². The largest absolute Gasteiger partial charge is 0.336 e. The van der Waals surface area contributed by atoms with Gasteiger partial charge in [0.05, 0.1) is 6.54 Å². The summed E-state index contributed by atoms with van der Waals surface area (Å²) in [5.74, 6) is -0.565. The number of hydrogen-bond acceptors (Lipinski definition) is 2. The van der Waals surface area contributed by atoms with Crippen LogP contribution in [0.3, 0.4) is 0 Å². The van der Waals surface area contributed by atoms with Crippen molar-refractivity contribution in [1.29, 1.82) is 0 Å². The summed E-state index contributed by atoms with van der Waals surface area (Å²) in [6.07, 6.45) is -0.455. The van der Waals surface area contributed by atoms with Crippen molar-refractivity contribution in [3.8, 4) is 0 Å². The molecule has 7 heteroatoms. The zero-order chi connectivity index (χ0) is 20.4. The fraction of sp³-hybridized carbons (Fsp3) is 0.364. The smallest absolute Gasteiger partial charge is 0.318 e. The normalized spacial score (nSPS) is 21.0. The highest BCUT2D eigenvalue weighted by molar-refractivity contribution is 5.88. The second kappa shape index (κ2) is 8.19. The zero-order valence-electron chi connectivity index (χ0n) is 16.0. The van der Waals surface area contributed by atoms with Crippen molar-refractivity contribution in [3.05, 3.63) is 71.0 Å². The second-order valence-electron chi connectivity index (χ2n) is 7.56. The van der Waals surface area contributed by atoms with E-state index in [0.717, 1.165) is 17.5 Å². The number of alkyl halides is 1. The average molecular weight is 399 g/mol. The van der Waals surface area contributed by atoms with Gasteiger partial charge in [-0.1, -0.05) is 36.4 Å². The Morgan fingerprint density at radius 1 is 1.07 bits per heavy atom. The molecule has 3 amide bonds. The van der Waals surface area contributed by atoms with E-state index >= 15 is 0 Å². The third-order valence-corrected chi connectivity index (χ3v) is 5.60. The van der Waals surface area contributed by atoms with Crippen LogP contribution in [0.2, 0.25) is 0 Å². The fourth-order valence-corrected chi connectivity index (χ4v) is 4.02. The molecule has 1 saturated heterocycles. The molecule has 2 heterocycles. The van der Waals surface area contributed by atoms with E-state index < -0.39 is 18.2 Å². The molecular formula is C22H23F2N3O2. The third-order valence-electron chi connectivity index (χ3n) is 5.60. The summed E-state index contributed by atoms with van der Waals surface area (Å²) < 4.78 is 27.1. The van der Waals surface area contributed by atoms with Gasteiger partial charge in [-0.3, -0.25) is 4.79 Å². The first kappa shape index (κ1) is 19.4. The van der Waals surface area contributed by atoms with E-state index in [1.165, 1.54) is 22.6 Å². The molecule has 2 aromatic rings. The number of rotatable bonds is 3. The lowest BCUT2D eigenvalue weighted by Crippen LogP contribution is -2.51. The van der Waals surface area contributed by atoms with Gasteiger partial charge in [0.25, 0.3) is 0 Å². The SMILES string of the molecule is O=C([C@@H]1C[C@H](F)CN1C(=O)NCc1ccc(F)cc1)N1CCc2ccccc2C1. The molecule has 0 saturated carbocycles. The number of halogens is 2. The minimum Gasteiger partial charge on any atom is -0.336 e. The predicted molar refractivity (Wildman–Crippen MR) is 104 cm³/mol. The van der Waals surface area contributed by atoms with Crippen LogP contribution < -0.4 is 5.32 Å². The summed E-state index contributed by atoms with van der Waals surface area (Å²) >= 11 is 0. The molecule has 2 aliphatic rings. The Morgan fingerprint density at radius 3 is 2.55 bits per heavy atom. The summed E-state index contributed by atoms with van der Waals surface area (Å²) in [6, 6.07) is 12.5. The molecule has 0 aromatic heterocycles. The molecule has 0 unspecified atom stereocenters. The number of nitrogens with one attached hydrogen (secondary N) is 1. The monoisotopic (exact) mass is 399 g/mol. The van der Waals surface area contributed by atoms with E-state index in [9.17, 15) is 18.4 Å². The highest BCUT2D eigenvalue weighted by atomic mass is 19.1. The Labute approximate surface area is 168 Å². The van der Waals surface area contributed by atoms with Crippen LogP contribution in [0, 0.1) is 5.82 Å². The number of carbonyl (C=O) groups is 2. The predicted octanol–water partition coefficient (Wildman–Crippen LogP) is 3.03. The molecule has 0 aliphatic carbocycles. The standard InChI is InChI=1S/C22H23F2N3O2/c23-18-7-5-15(6-8-18)12-25-22(29)27-14-19(24)11-20(27)21(28)26-10-9-16-3-1-2-4-17(16)13-26/h1-8,19-20H,9-14H2,(H,25,29)/t19-,20-/m0/s1. The van der Waals surface area contributed by atoms with Crippen molar-refractivity contribution in [1.82, 2.24) is 15.1 Å².